The normalized spacial score (nSPS) is 15.2. The molecule has 0 spiro atoms. The Kier molecular flexibility index (Phi) is 5.31. The van der Waals surface area contributed by atoms with Gasteiger partial charge in [-0.2, -0.15) is 0 Å². The summed E-state index contributed by atoms with van der Waals surface area (Å²) < 4.78 is 7.62. The Morgan fingerprint density at radius 1 is 1.21 bits per heavy atom. The Hall–Kier alpha value is -3.62. The maximum atomic E-state index is 12.4. The van der Waals surface area contributed by atoms with Crippen LogP contribution < -0.4 is 15.5 Å². The van der Waals surface area contributed by atoms with Crippen molar-refractivity contribution in [1.82, 2.24) is 24.7 Å². The van der Waals surface area contributed by atoms with Gasteiger partial charge in [0.2, 0.25) is 5.88 Å². The molecule has 0 atom stereocenters. The summed E-state index contributed by atoms with van der Waals surface area (Å²) in [6, 6.07) is 13.5. The predicted molar refractivity (Wildman–Crippen MR) is 129 cm³/mol. The van der Waals surface area contributed by atoms with Crippen LogP contribution in [-0.2, 0) is 19.6 Å². The quantitative estimate of drug-likeness (QED) is 0.414. The van der Waals surface area contributed by atoms with Gasteiger partial charge in [-0.25, -0.2) is 19.8 Å². The van der Waals surface area contributed by atoms with E-state index >= 15 is 0 Å². The molecule has 1 saturated carbocycles. The predicted octanol–water partition coefficient (Wildman–Crippen LogP) is 4.89. The SMILES string of the molecule is O=C(NCc1cccc(Cl)c1)Oc1nccc2c1CN(Cc1cn3cc(C4CC4)ccc3n1)N2. The van der Waals surface area contributed by atoms with Gasteiger partial charge in [-0.3, -0.25) is 0 Å². The van der Waals surface area contributed by atoms with Crippen LogP contribution in [0.5, 0.6) is 5.88 Å². The number of hydrogen-bond acceptors (Lipinski definition) is 6. The fourth-order valence-electron chi connectivity index (χ4n) is 4.25. The molecule has 2 N–H and O–H groups in total. The summed E-state index contributed by atoms with van der Waals surface area (Å²) in [5.74, 6) is 0.999. The van der Waals surface area contributed by atoms with Crippen molar-refractivity contribution in [3.05, 3.63) is 88.5 Å². The van der Waals surface area contributed by atoms with Crippen molar-refractivity contribution >= 4 is 29.0 Å². The molecule has 0 radical (unpaired) electrons. The van der Waals surface area contributed by atoms with Gasteiger partial charge in [-0.1, -0.05) is 29.8 Å². The highest BCUT2D eigenvalue weighted by Gasteiger charge is 2.26. The Labute approximate surface area is 201 Å². The molecule has 4 heterocycles. The molecule has 4 aromatic rings. The number of imidazole rings is 1. The number of amides is 1. The van der Waals surface area contributed by atoms with Crippen molar-refractivity contribution in [1.29, 1.82) is 0 Å². The van der Waals surface area contributed by atoms with Crippen LogP contribution in [0.1, 0.15) is 41.1 Å². The molecular weight excluding hydrogens is 452 g/mol. The van der Waals surface area contributed by atoms with Crippen LogP contribution in [0.4, 0.5) is 10.5 Å². The largest absolute Gasteiger partial charge is 0.414 e. The van der Waals surface area contributed by atoms with Gasteiger partial charge < -0.3 is 19.9 Å². The lowest BCUT2D eigenvalue weighted by Gasteiger charge is -2.13. The number of hydrogen-bond donors (Lipinski definition) is 2. The smallest absolute Gasteiger partial charge is 0.391 e. The first-order chi connectivity index (χ1) is 16.6. The molecule has 1 amide bonds. The van der Waals surface area contributed by atoms with Gasteiger partial charge >= 0.3 is 6.09 Å². The summed E-state index contributed by atoms with van der Waals surface area (Å²) in [4.78, 5) is 21.4. The number of nitrogens with zero attached hydrogens (tertiary/aromatic N) is 4. The second-order valence-corrected chi connectivity index (χ2v) is 9.15. The molecule has 9 heteroatoms. The topological polar surface area (TPSA) is 83.8 Å². The van der Waals surface area contributed by atoms with Crippen molar-refractivity contribution in [2.24, 2.45) is 0 Å². The second-order valence-electron chi connectivity index (χ2n) is 8.72. The summed E-state index contributed by atoms with van der Waals surface area (Å²) in [5.41, 5.74) is 9.24. The Morgan fingerprint density at radius 3 is 2.97 bits per heavy atom. The third-order valence-corrected chi connectivity index (χ3v) is 6.32. The minimum absolute atomic E-state index is 0.292. The molecule has 3 aromatic heterocycles. The van der Waals surface area contributed by atoms with Crippen LogP contribution in [0.25, 0.3) is 5.65 Å². The first-order valence-electron chi connectivity index (χ1n) is 11.3. The number of pyridine rings is 2. The number of nitrogens with one attached hydrogen (secondary N) is 2. The molecule has 1 aromatic carbocycles. The molecule has 0 saturated heterocycles. The van der Waals surface area contributed by atoms with E-state index in [-0.39, 0.29) is 0 Å². The summed E-state index contributed by atoms with van der Waals surface area (Å²) in [7, 11) is 0. The van der Waals surface area contributed by atoms with Crippen LogP contribution in [0.15, 0.2) is 61.1 Å². The number of carbonyl (C=O) groups excluding carboxylic acids is 1. The number of halogens is 1. The van der Waals surface area contributed by atoms with Gasteiger partial charge in [-0.15, -0.1) is 0 Å². The summed E-state index contributed by atoms with van der Waals surface area (Å²) in [6.07, 6.45) is 7.88. The average Bonchev–Trinajstić information content (AvgIpc) is 3.47. The standard InChI is InChI=1S/C25H23ClN6O2/c26-19-3-1-2-16(10-19)11-28-25(33)34-24-21-15-32(30-22(21)8-9-27-24)14-20-13-31-12-18(17-4-5-17)6-7-23(31)29-20/h1-3,6-10,12-13,17,30H,4-5,11,14-15H2,(H,28,33). The number of aromatic nitrogens is 3. The van der Waals surface area contributed by atoms with Crippen LogP contribution >= 0.6 is 11.6 Å². The van der Waals surface area contributed by atoms with E-state index in [4.69, 9.17) is 21.3 Å². The van der Waals surface area contributed by atoms with Gasteiger partial charge in [0.05, 0.1) is 30.0 Å². The number of fused-ring (bicyclic) bond motifs is 2. The van der Waals surface area contributed by atoms with E-state index in [2.05, 4.69) is 44.7 Å². The van der Waals surface area contributed by atoms with Crippen LogP contribution in [-0.4, -0.2) is 25.5 Å². The highest BCUT2D eigenvalue weighted by atomic mass is 35.5. The van der Waals surface area contributed by atoms with Gasteiger partial charge in [0, 0.05) is 30.2 Å². The Balaban J connectivity index is 1.10. The molecular formula is C25H23ClN6O2. The Morgan fingerprint density at radius 2 is 2.12 bits per heavy atom. The van der Waals surface area contributed by atoms with Crippen molar-refractivity contribution in [3.8, 4) is 5.88 Å². The average molecular weight is 475 g/mol. The zero-order valence-electron chi connectivity index (χ0n) is 18.4. The fraction of sp³-hybridized carbons (Fsp3) is 0.240. The van der Waals surface area contributed by atoms with E-state index < -0.39 is 6.09 Å². The van der Waals surface area contributed by atoms with Crippen LogP contribution in [0.3, 0.4) is 0 Å². The molecule has 1 aliphatic heterocycles. The molecule has 2 aliphatic rings. The minimum atomic E-state index is -0.564. The number of benzene rings is 1. The highest BCUT2D eigenvalue weighted by Crippen LogP contribution is 2.40. The molecule has 0 bridgehead atoms. The number of hydrazine groups is 1. The van der Waals surface area contributed by atoms with Gasteiger partial charge in [0.15, 0.2) is 0 Å². The van der Waals surface area contributed by atoms with E-state index in [1.807, 2.05) is 23.2 Å². The minimum Gasteiger partial charge on any atom is -0.391 e. The zero-order valence-corrected chi connectivity index (χ0v) is 19.1. The Bertz CT molecular complexity index is 1380. The lowest BCUT2D eigenvalue weighted by atomic mass is 10.2. The molecule has 8 nitrogen and oxygen atoms in total. The van der Waals surface area contributed by atoms with E-state index in [0.29, 0.717) is 36.5 Å². The molecule has 6 rings (SSSR count). The second kappa shape index (κ2) is 8.62. The van der Waals surface area contributed by atoms with E-state index in [9.17, 15) is 4.79 Å². The summed E-state index contributed by atoms with van der Waals surface area (Å²) >= 11 is 6.00. The molecule has 1 fully saturated rings. The van der Waals surface area contributed by atoms with Crippen molar-refractivity contribution < 1.29 is 9.53 Å². The van der Waals surface area contributed by atoms with Crippen molar-refractivity contribution in [3.63, 3.8) is 0 Å². The van der Waals surface area contributed by atoms with Crippen LogP contribution in [0, 0.1) is 0 Å². The van der Waals surface area contributed by atoms with Crippen molar-refractivity contribution in [2.45, 2.75) is 38.4 Å². The van der Waals surface area contributed by atoms with E-state index in [0.717, 1.165) is 28.2 Å². The lowest BCUT2D eigenvalue weighted by Crippen LogP contribution is -2.27. The third-order valence-electron chi connectivity index (χ3n) is 6.08. The monoisotopic (exact) mass is 474 g/mol. The fourth-order valence-corrected chi connectivity index (χ4v) is 4.46. The molecule has 172 valence electrons. The van der Waals surface area contributed by atoms with E-state index in [1.165, 1.54) is 18.4 Å². The maximum Gasteiger partial charge on any atom is 0.414 e. The summed E-state index contributed by atoms with van der Waals surface area (Å²) in [6.45, 7) is 1.46. The van der Waals surface area contributed by atoms with Gasteiger partial charge in [-0.05, 0) is 54.2 Å². The lowest BCUT2D eigenvalue weighted by molar-refractivity contribution is 0.197. The van der Waals surface area contributed by atoms with E-state index in [1.54, 1.807) is 18.3 Å². The number of carbonyl (C=O) groups is 1. The maximum absolute atomic E-state index is 12.4. The van der Waals surface area contributed by atoms with Crippen LogP contribution in [0.2, 0.25) is 5.02 Å². The number of anilines is 1. The highest BCUT2D eigenvalue weighted by molar-refractivity contribution is 6.30. The first-order valence-corrected chi connectivity index (χ1v) is 11.7. The van der Waals surface area contributed by atoms with Gasteiger partial charge in [0.1, 0.15) is 5.65 Å². The van der Waals surface area contributed by atoms with Crippen molar-refractivity contribution in [2.75, 3.05) is 5.43 Å². The zero-order chi connectivity index (χ0) is 23.1. The molecule has 0 unspecified atom stereocenters. The summed E-state index contributed by atoms with van der Waals surface area (Å²) in [5, 5.41) is 5.40. The number of ether oxygens (including phenoxy) is 1. The first kappa shape index (κ1) is 20.9. The van der Waals surface area contributed by atoms with Gasteiger partial charge in [0.25, 0.3) is 0 Å². The third kappa shape index (κ3) is 4.42. The number of rotatable bonds is 6. The molecule has 1 aliphatic carbocycles. The molecule has 34 heavy (non-hydrogen) atoms.